The molecule has 2 aromatic heterocycles. The second-order valence-electron chi connectivity index (χ2n) is 5.66. The van der Waals surface area contributed by atoms with Crippen LogP contribution < -0.4 is 15.4 Å². The molecule has 3 aromatic rings. The maximum Gasteiger partial charge on any atom is 0.257 e. The zero-order valence-corrected chi connectivity index (χ0v) is 14.5. The third-order valence-corrected chi connectivity index (χ3v) is 3.80. The van der Waals surface area contributed by atoms with Crippen molar-refractivity contribution in [1.29, 1.82) is 0 Å². The van der Waals surface area contributed by atoms with Gasteiger partial charge in [-0.05, 0) is 48.4 Å². The van der Waals surface area contributed by atoms with Gasteiger partial charge < -0.3 is 15.4 Å². The van der Waals surface area contributed by atoms with E-state index in [1.54, 1.807) is 31.6 Å². The SMILES string of the molecule is COc1cccc(CCNc2ccc(NC(=O)c3cccnc3)cn2)c1. The van der Waals surface area contributed by atoms with E-state index in [0.717, 1.165) is 24.5 Å². The van der Waals surface area contributed by atoms with Crippen LogP contribution >= 0.6 is 0 Å². The van der Waals surface area contributed by atoms with E-state index in [9.17, 15) is 4.79 Å². The summed E-state index contributed by atoms with van der Waals surface area (Å²) < 4.78 is 5.23. The number of anilines is 2. The van der Waals surface area contributed by atoms with Crippen molar-refractivity contribution in [2.24, 2.45) is 0 Å². The van der Waals surface area contributed by atoms with Gasteiger partial charge in [0.2, 0.25) is 0 Å². The minimum absolute atomic E-state index is 0.210. The van der Waals surface area contributed by atoms with Crippen LogP contribution in [0.3, 0.4) is 0 Å². The Morgan fingerprint density at radius 1 is 1.12 bits per heavy atom. The van der Waals surface area contributed by atoms with Gasteiger partial charge >= 0.3 is 0 Å². The van der Waals surface area contributed by atoms with Crippen LogP contribution in [-0.2, 0) is 6.42 Å². The first-order valence-corrected chi connectivity index (χ1v) is 8.29. The molecule has 0 spiro atoms. The van der Waals surface area contributed by atoms with Gasteiger partial charge in [-0.1, -0.05) is 12.1 Å². The van der Waals surface area contributed by atoms with Gasteiger partial charge in [-0.15, -0.1) is 0 Å². The maximum absolute atomic E-state index is 12.1. The van der Waals surface area contributed by atoms with Gasteiger partial charge in [0.25, 0.3) is 5.91 Å². The monoisotopic (exact) mass is 348 g/mol. The lowest BCUT2D eigenvalue weighted by Gasteiger charge is -2.08. The molecule has 0 bridgehead atoms. The molecule has 1 amide bonds. The molecule has 6 nitrogen and oxygen atoms in total. The van der Waals surface area contributed by atoms with Gasteiger partial charge in [0.15, 0.2) is 0 Å². The Morgan fingerprint density at radius 3 is 2.77 bits per heavy atom. The molecule has 132 valence electrons. The van der Waals surface area contributed by atoms with E-state index in [2.05, 4.69) is 26.7 Å². The number of carbonyl (C=O) groups excluding carboxylic acids is 1. The van der Waals surface area contributed by atoms with Crippen LogP contribution in [0.1, 0.15) is 15.9 Å². The van der Waals surface area contributed by atoms with E-state index >= 15 is 0 Å². The first kappa shape index (κ1) is 17.4. The van der Waals surface area contributed by atoms with E-state index < -0.39 is 0 Å². The molecule has 0 atom stereocenters. The predicted molar refractivity (Wildman–Crippen MR) is 102 cm³/mol. The number of pyridine rings is 2. The smallest absolute Gasteiger partial charge is 0.257 e. The normalized spacial score (nSPS) is 10.2. The molecule has 0 unspecified atom stereocenters. The zero-order chi connectivity index (χ0) is 18.2. The third kappa shape index (κ3) is 4.80. The summed E-state index contributed by atoms with van der Waals surface area (Å²) in [5.74, 6) is 1.40. The molecule has 6 heteroatoms. The number of hydrogen-bond donors (Lipinski definition) is 2. The number of hydrogen-bond acceptors (Lipinski definition) is 5. The van der Waals surface area contributed by atoms with Crippen LogP contribution in [0.15, 0.2) is 67.1 Å². The van der Waals surface area contributed by atoms with Gasteiger partial charge in [0, 0.05) is 18.9 Å². The lowest BCUT2D eigenvalue weighted by atomic mass is 10.1. The van der Waals surface area contributed by atoms with Gasteiger partial charge in [-0.2, -0.15) is 0 Å². The molecule has 2 heterocycles. The Labute approximate surface area is 152 Å². The Morgan fingerprint density at radius 2 is 2.04 bits per heavy atom. The number of aromatic nitrogens is 2. The van der Waals surface area contributed by atoms with Crippen molar-refractivity contribution in [3.8, 4) is 5.75 Å². The molecular weight excluding hydrogens is 328 g/mol. The molecule has 1 aromatic carbocycles. The van der Waals surface area contributed by atoms with Crippen LogP contribution in [0.5, 0.6) is 5.75 Å². The van der Waals surface area contributed by atoms with Crippen LogP contribution in [-0.4, -0.2) is 29.5 Å². The number of amides is 1. The highest BCUT2D eigenvalue weighted by atomic mass is 16.5. The van der Waals surface area contributed by atoms with Crippen molar-refractivity contribution in [2.75, 3.05) is 24.3 Å². The number of methoxy groups -OCH3 is 1. The van der Waals surface area contributed by atoms with Crippen molar-refractivity contribution >= 4 is 17.4 Å². The quantitative estimate of drug-likeness (QED) is 0.684. The Hall–Kier alpha value is -3.41. The van der Waals surface area contributed by atoms with E-state index in [0.29, 0.717) is 11.3 Å². The summed E-state index contributed by atoms with van der Waals surface area (Å²) in [5.41, 5.74) is 2.34. The number of nitrogens with zero attached hydrogens (tertiary/aromatic N) is 2. The second kappa shape index (κ2) is 8.62. The van der Waals surface area contributed by atoms with Crippen LogP contribution in [0.25, 0.3) is 0 Å². The van der Waals surface area contributed by atoms with E-state index in [4.69, 9.17) is 4.74 Å². The molecule has 3 rings (SSSR count). The van der Waals surface area contributed by atoms with E-state index in [-0.39, 0.29) is 5.91 Å². The van der Waals surface area contributed by atoms with Crippen LogP contribution in [0.4, 0.5) is 11.5 Å². The van der Waals surface area contributed by atoms with Crippen molar-refractivity contribution in [2.45, 2.75) is 6.42 Å². The Balaban J connectivity index is 1.50. The average molecular weight is 348 g/mol. The van der Waals surface area contributed by atoms with Gasteiger partial charge in [0.05, 0.1) is 24.6 Å². The number of rotatable bonds is 7. The first-order chi connectivity index (χ1) is 12.7. The summed E-state index contributed by atoms with van der Waals surface area (Å²) in [4.78, 5) is 20.3. The van der Waals surface area contributed by atoms with Crippen LogP contribution in [0.2, 0.25) is 0 Å². The minimum Gasteiger partial charge on any atom is -0.497 e. The lowest BCUT2D eigenvalue weighted by Crippen LogP contribution is -2.12. The molecular formula is C20H20N4O2. The van der Waals surface area contributed by atoms with Gasteiger partial charge in [0.1, 0.15) is 11.6 Å². The Kier molecular flexibility index (Phi) is 5.77. The van der Waals surface area contributed by atoms with Crippen molar-refractivity contribution in [3.63, 3.8) is 0 Å². The van der Waals surface area contributed by atoms with Crippen molar-refractivity contribution < 1.29 is 9.53 Å². The Bertz CT molecular complexity index is 851. The predicted octanol–water partition coefficient (Wildman–Crippen LogP) is 3.39. The van der Waals surface area contributed by atoms with Gasteiger partial charge in [-0.3, -0.25) is 9.78 Å². The highest BCUT2D eigenvalue weighted by Crippen LogP contribution is 2.14. The molecule has 26 heavy (non-hydrogen) atoms. The maximum atomic E-state index is 12.1. The van der Waals surface area contributed by atoms with Crippen molar-refractivity contribution in [3.05, 3.63) is 78.2 Å². The summed E-state index contributed by atoms with van der Waals surface area (Å²) >= 11 is 0. The standard InChI is InChI=1S/C20H20N4O2/c1-26-18-6-2-4-15(12-18)9-11-22-19-8-7-17(14-23-19)24-20(25)16-5-3-10-21-13-16/h2-8,10,12-14H,9,11H2,1H3,(H,22,23)(H,24,25). The number of ether oxygens (including phenoxy) is 1. The molecule has 0 saturated carbocycles. The fourth-order valence-corrected chi connectivity index (χ4v) is 2.44. The molecule has 0 fully saturated rings. The largest absolute Gasteiger partial charge is 0.497 e. The summed E-state index contributed by atoms with van der Waals surface area (Å²) in [6.07, 6.45) is 5.64. The molecule has 0 aliphatic rings. The number of benzene rings is 1. The summed E-state index contributed by atoms with van der Waals surface area (Å²) in [6, 6.07) is 15.1. The zero-order valence-electron chi connectivity index (χ0n) is 14.5. The van der Waals surface area contributed by atoms with Crippen LogP contribution in [0, 0.1) is 0 Å². The minimum atomic E-state index is -0.210. The van der Waals surface area contributed by atoms with E-state index in [1.165, 1.54) is 11.8 Å². The highest BCUT2D eigenvalue weighted by molar-refractivity contribution is 6.03. The molecule has 0 aliphatic carbocycles. The topological polar surface area (TPSA) is 76.1 Å². The lowest BCUT2D eigenvalue weighted by molar-refractivity contribution is 0.102. The third-order valence-electron chi connectivity index (χ3n) is 3.80. The van der Waals surface area contributed by atoms with Gasteiger partial charge in [-0.25, -0.2) is 4.98 Å². The fourth-order valence-electron chi connectivity index (χ4n) is 2.44. The molecule has 0 aliphatic heterocycles. The number of carbonyl (C=O) groups is 1. The highest BCUT2D eigenvalue weighted by Gasteiger charge is 2.06. The van der Waals surface area contributed by atoms with Crippen molar-refractivity contribution in [1.82, 2.24) is 9.97 Å². The summed E-state index contributed by atoms with van der Waals surface area (Å²) in [6.45, 7) is 0.752. The average Bonchev–Trinajstić information content (AvgIpc) is 2.70. The van der Waals surface area contributed by atoms with E-state index in [1.807, 2.05) is 30.3 Å². The summed E-state index contributed by atoms with van der Waals surface area (Å²) in [7, 11) is 1.66. The number of nitrogens with one attached hydrogen (secondary N) is 2. The second-order valence-corrected chi connectivity index (χ2v) is 5.66. The molecule has 2 N–H and O–H groups in total. The summed E-state index contributed by atoms with van der Waals surface area (Å²) in [5, 5.41) is 6.07. The molecule has 0 saturated heterocycles. The first-order valence-electron chi connectivity index (χ1n) is 8.29. The molecule has 0 radical (unpaired) electrons. The fraction of sp³-hybridized carbons (Fsp3) is 0.150.